The maximum atomic E-state index is 12.3. The van der Waals surface area contributed by atoms with Crippen molar-refractivity contribution in [2.75, 3.05) is 4.43 Å². The first-order valence-corrected chi connectivity index (χ1v) is 7.49. The molecule has 20 heavy (non-hydrogen) atoms. The van der Waals surface area contributed by atoms with Crippen LogP contribution in [0.15, 0.2) is 54.6 Å². The van der Waals surface area contributed by atoms with E-state index in [0.717, 1.165) is 15.6 Å². The zero-order chi connectivity index (χ0) is 14.6. The highest BCUT2D eigenvalue weighted by molar-refractivity contribution is 14.1. The van der Waals surface area contributed by atoms with Gasteiger partial charge in [0.05, 0.1) is 0 Å². The van der Waals surface area contributed by atoms with Crippen molar-refractivity contribution < 1.29 is 17.9 Å². The Bertz CT molecular complexity index is 555. The van der Waals surface area contributed by atoms with E-state index < -0.39 is 6.36 Å². The lowest BCUT2D eigenvalue weighted by Gasteiger charge is -2.17. The Morgan fingerprint density at radius 1 is 0.950 bits per heavy atom. The van der Waals surface area contributed by atoms with E-state index in [1.54, 1.807) is 6.07 Å². The number of halogens is 4. The number of ether oxygens (including phenoxy) is 1. The maximum absolute atomic E-state index is 12.3. The van der Waals surface area contributed by atoms with Gasteiger partial charge in [0.15, 0.2) is 0 Å². The monoisotopic (exact) mass is 392 g/mol. The molecule has 1 unspecified atom stereocenters. The minimum atomic E-state index is -4.66. The predicted molar refractivity (Wildman–Crippen MR) is 80.3 cm³/mol. The molecule has 0 radical (unpaired) electrons. The van der Waals surface area contributed by atoms with Gasteiger partial charge in [0, 0.05) is 10.3 Å². The topological polar surface area (TPSA) is 9.23 Å². The Kier molecular flexibility index (Phi) is 4.91. The molecule has 0 bridgehead atoms. The van der Waals surface area contributed by atoms with Gasteiger partial charge in [-0.25, -0.2) is 0 Å². The highest BCUT2D eigenvalue weighted by atomic mass is 127. The molecule has 2 aromatic carbocycles. The fourth-order valence-corrected chi connectivity index (χ4v) is 3.00. The van der Waals surface area contributed by atoms with Crippen LogP contribution in [-0.4, -0.2) is 10.8 Å². The molecule has 0 amide bonds. The van der Waals surface area contributed by atoms with Gasteiger partial charge in [-0.2, -0.15) is 0 Å². The van der Waals surface area contributed by atoms with Crippen molar-refractivity contribution in [2.45, 2.75) is 12.3 Å². The summed E-state index contributed by atoms with van der Waals surface area (Å²) in [4.78, 5) is 0. The summed E-state index contributed by atoms with van der Waals surface area (Å²) in [6.07, 6.45) is -4.66. The van der Waals surface area contributed by atoms with Gasteiger partial charge >= 0.3 is 6.36 Å². The molecule has 106 valence electrons. The van der Waals surface area contributed by atoms with Crippen molar-refractivity contribution >= 4 is 22.6 Å². The third-order valence-corrected chi connectivity index (χ3v) is 3.73. The third kappa shape index (κ3) is 4.13. The Hall–Kier alpha value is -1.24. The van der Waals surface area contributed by atoms with Crippen LogP contribution >= 0.6 is 22.6 Å². The van der Waals surface area contributed by atoms with E-state index in [1.807, 2.05) is 36.4 Å². The van der Waals surface area contributed by atoms with Gasteiger partial charge in [-0.1, -0.05) is 65.1 Å². The van der Waals surface area contributed by atoms with Crippen LogP contribution in [0.3, 0.4) is 0 Å². The summed E-state index contributed by atoms with van der Waals surface area (Å²) in [5.41, 5.74) is 1.89. The molecule has 2 rings (SSSR count). The molecule has 0 N–H and O–H groups in total. The third-order valence-electron chi connectivity index (χ3n) is 2.85. The zero-order valence-electron chi connectivity index (χ0n) is 10.4. The van der Waals surface area contributed by atoms with Crippen molar-refractivity contribution in [3.8, 4) is 5.75 Å². The van der Waals surface area contributed by atoms with Crippen LogP contribution in [0.5, 0.6) is 5.75 Å². The molecule has 2 aromatic rings. The summed E-state index contributed by atoms with van der Waals surface area (Å²) in [6, 6.07) is 15.9. The standard InChI is InChI=1S/C15H12F3IO/c16-15(17,18)20-13-8-4-7-12(9-13)14(10-19)11-5-2-1-3-6-11/h1-9,14H,10H2. The SMILES string of the molecule is FC(F)(F)Oc1cccc(C(CI)c2ccccc2)c1. The van der Waals surface area contributed by atoms with Crippen LogP contribution in [0.25, 0.3) is 0 Å². The largest absolute Gasteiger partial charge is 0.573 e. The Morgan fingerprint density at radius 3 is 2.20 bits per heavy atom. The molecule has 0 spiro atoms. The normalized spacial score (nSPS) is 13.0. The minimum Gasteiger partial charge on any atom is -0.406 e. The smallest absolute Gasteiger partial charge is 0.406 e. The quantitative estimate of drug-likeness (QED) is 0.517. The van der Waals surface area contributed by atoms with Crippen molar-refractivity contribution in [2.24, 2.45) is 0 Å². The van der Waals surface area contributed by atoms with E-state index in [4.69, 9.17) is 0 Å². The molecule has 1 nitrogen and oxygen atoms in total. The van der Waals surface area contributed by atoms with E-state index >= 15 is 0 Å². The van der Waals surface area contributed by atoms with Crippen molar-refractivity contribution in [1.29, 1.82) is 0 Å². The highest BCUT2D eigenvalue weighted by Crippen LogP contribution is 2.30. The molecule has 0 aliphatic rings. The molecule has 0 fully saturated rings. The predicted octanol–water partition coefficient (Wildman–Crippen LogP) is 5.15. The van der Waals surface area contributed by atoms with Crippen LogP contribution in [0.4, 0.5) is 13.2 Å². The van der Waals surface area contributed by atoms with Crippen LogP contribution in [-0.2, 0) is 0 Å². The second-order valence-corrected chi connectivity index (χ2v) is 5.12. The number of benzene rings is 2. The molecule has 0 aromatic heterocycles. The molecule has 1 atom stereocenters. The first-order valence-electron chi connectivity index (χ1n) is 5.96. The maximum Gasteiger partial charge on any atom is 0.573 e. The molecule has 0 aliphatic heterocycles. The minimum absolute atomic E-state index is 0.0496. The van der Waals surface area contributed by atoms with Gasteiger partial charge in [0.1, 0.15) is 5.75 Å². The second-order valence-electron chi connectivity index (χ2n) is 4.24. The lowest BCUT2D eigenvalue weighted by atomic mass is 9.93. The summed E-state index contributed by atoms with van der Waals surface area (Å²) in [5, 5.41) is 0. The van der Waals surface area contributed by atoms with Crippen LogP contribution < -0.4 is 4.74 Å². The van der Waals surface area contributed by atoms with Gasteiger partial charge in [0.2, 0.25) is 0 Å². The van der Waals surface area contributed by atoms with Crippen molar-refractivity contribution in [3.05, 3.63) is 65.7 Å². The van der Waals surface area contributed by atoms with Crippen LogP contribution in [0.1, 0.15) is 17.0 Å². The van der Waals surface area contributed by atoms with Gasteiger partial charge in [-0.05, 0) is 23.3 Å². The lowest BCUT2D eigenvalue weighted by molar-refractivity contribution is -0.274. The first-order chi connectivity index (χ1) is 9.49. The summed E-state index contributed by atoms with van der Waals surface area (Å²) >= 11 is 2.23. The van der Waals surface area contributed by atoms with E-state index in [0.29, 0.717) is 0 Å². The van der Waals surface area contributed by atoms with Crippen LogP contribution in [0.2, 0.25) is 0 Å². The van der Waals surface area contributed by atoms with Gasteiger partial charge in [0.25, 0.3) is 0 Å². The molecule has 0 saturated carbocycles. The first kappa shape index (κ1) is 15.2. The molecular weight excluding hydrogens is 380 g/mol. The average molecular weight is 392 g/mol. The van der Waals surface area contributed by atoms with E-state index in [1.165, 1.54) is 12.1 Å². The fraction of sp³-hybridized carbons (Fsp3) is 0.200. The molecule has 0 saturated heterocycles. The van der Waals surface area contributed by atoms with Crippen molar-refractivity contribution in [3.63, 3.8) is 0 Å². The van der Waals surface area contributed by atoms with E-state index in [-0.39, 0.29) is 11.7 Å². The number of hydrogen-bond acceptors (Lipinski definition) is 1. The molecule has 5 heteroatoms. The van der Waals surface area contributed by atoms with E-state index in [2.05, 4.69) is 27.3 Å². The summed E-state index contributed by atoms with van der Waals surface area (Å²) in [5.74, 6) is -0.130. The van der Waals surface area contributed by atoms with Crippen molar-refractivity contribution in [1.82, 2.24) is 0 Å². The summed E-state index contributed by atoms with van der Waals surface area (Å²) in [6.45, 7) is 0. The molecule has 0 aliphatic carbocycles. The molecule has 0 heterocycles. The van der Waals surface area contributed by atoms with Gasteiger partial charge in [-0.3, -0.25) is 0 Å². The van der Waals surface area contributed by atoms with Crippen LogP contribution in [0, 0.1) is 0 Å². The van der Waals surface area contributed by atoms with Gasteiger partial charge < -0.3 is 4.74 Å². The zero-order valence-corrected chi connectivity index (χ0v) is 12.6. The van der Waals surface area contributed by atoms with Gasteiger partial charge in [-0.15, -0.1) is 13.2 Å². The second kappa shape index (κ2) is 6.47. The Morgan fingerprint density at radius 2 is 1.60 bits per heavy atom. The Balaban J connectivity index is 2.29. The summed E-state index contributed by atoms with van der Waals surface area (Å²) in [7, 11) is 0. The highest BCUT2D eigenvalue weighted by Gasteiger charge is 2.31. The number of alkyl halides is 4. The van der Waals surface area contributed by atoms with E-state index in [9.17, 15) is 13.2 Å². The fourth-order valence-electron chi connectivity index (χ4n) is 1.98. The average Bonchev–Trinajstić information content (AvgIpc) is 2.39. The summed E-state index contributed by atoms with van der Waals surface area (Å²) < 4.78 is 41.5. The lowest BCUT2D eigenvalue weighted by Crippen LogP contribution is -2.17. The molecular formula is C15H12F3IO. The number of rotatable bonds is 4. The Labute approximate surface area is 128 Å². The number of hydrogen-bond donors (Lipinski definition) is 0.